The molecule has 3 aromatic heterocycles. The number of ether oxygens (including phenoxy) is 2. The van der Waals surface area contributed by atoms with Crippen LogP contribution >= 0.6 is 0 Å². The Kier molecular flexibility index (Phi) is 8.50. The smallest absolute Gasteiger partial charge is 0.417 e. The number of hydrazone groups is 1. The van der Waals surface area contributed by atoms with Crippen molar-refractivity contribution in [2.45, 2.75) is 38.1 Å². The van der Waals surface area contributed by atoms with Crippen LogP contribution in [0, 0.1) is 22.8 Å². The molecular formula is C26H26F3N9O2. The quantitative estimate of drug-likeness (QED) is 0.193. The number of alkyl halides is 3. The van der Waals surface area contributed by atoms with Gasteiger partial charge in [-0.3, -0.25) is 14.4 Å². The summed E-state index contributed by atoms with van der Waals surface area (Å²) in [6.45, 7) is 2.87. The van der Waals surface area contributed by atoms with E-state index in [9.17, 15) is 18.4 Å². The Morgan fingerprint density at radius 3 is 2.58 bits per heavy atom. The molecule has 1 saturated heterocycles. The maximum atomic E-state index is 13.4. The molecule has 1 atom stereocenters. The summed E-state index contributed by atoms with van der Waals surface area (Å²) in [5.74, 6) is 5.89. The molecule has 0 bridgehead atoms. The summed E-state index contributed by atoms with van der Waals surface area (Å²) in [4.78, 5) is 14.5. The van der Waals surface area contributed by atoms with E-state index in [1.165, 1.54) is 23.9 Å². The van der Waals surface area contributed by atoms with Gasteiger partial charge in [0.15, 0.2) is 12.3 Å². The highest BCUT2D eigenvalue weighted by molar-refractivity contribution is 6.47. The van der Waals surface area contributed by atoms with Crippen LogP contribution < -0.4 is 10.6 Å². The van der Waals surface area contributed by atoms with E-state index in [0.717, 1.165) is 12.3 Å². The Balaban J connectivity index is 1.74. The van der Waals surface area contributed by atoms with Crippen molar-refractivity contribution in [1.82, 2.24) is 19.3 Å². The summed E-state index contributed by atoms with van der Waals surface area (Å²) in [5, 5.41) is 22.7. The number of halogens is 3. The first-order valence-electron chi connectivity index (χ1n) is 12.3. The van der Waals surface area contributed by atoms with Gasteiger partial charge in [0, 0.05) is 49.8 Å². The van der Waals surface area contributed by atoms with Crippen molar-refractivity contribution in [3.05, 3.63) is 59.2 Å². The van der Waals surface area contributed by atoms with Crippen LogP contribution in [0.15, 0.2) is 46.9 Å². The molecule has 4 heterocycles. The number of piperidine rings is 1. The summed E-state index contributed by atoms with van der Waals surface area (Å²) in [7, 11) is 1.39. The van der Waals surface area contributed by atoms with Gasteiger partial charge in [0.05, 0.1) is 30.1 Å². The fraction of sp³-hybridized carbons (Fsp3) is 0.385. The number of nitrogens with two attached hydrogens (primary N) is 1. The lowest BCUT2D eigenvalue weighted by molar-refractivity contribution is -0.137. The van der Waals surface area contributed by atoms with Crippen LogP contribution in [0.3, 0.4) is 0 Å². The average Bonchev–Trinajstić information content (AvgIpc) is 3.37. The molecule has 1 unspecified atom stereocenters. The Hall–Kier alpha value is -4.69. The van der Waals surface area contributed by atoms with E-state index in [4.69, 9.17) is 25.6 Å². The van der Waals surface area contributed by atoms with E-state index in [-0.39, 0.29) is 29.8 Å². The first kappa shape index (κ1) is 28.3. The molecular weight excluding hydrogens is 527 g/mol. The normalized spacial score (nSPS) is 16.0. The first-order chi connectivity index (χ1) is 19.2. The molecule has 2 N–H and O–H groups in total. The monoisotopic (exact) mass is 553 g/mol. The highest BCUT2D eigenvalue weighted by Crippen LogP contribution is 2.32. The van der Waals surface area contributed by atoms with Crippen LogP contribution in [0.2, 0.25) is 0 Å². The van der Waals surface area contributed by atoms with Crippen LogP contribution in [0.4, 0.5) is 13.2 Å². The van der Waals surface area contributed by atoms with E-state index in [2.05, 4.69) is 21.3 Å². The van der Waals surface area contributed by atoms with E-state index in [1.807, 2.05) is 6.07 Å². The molecule has 14 heteroatoms. The lowest BCUT2D eigenvalue weighted by atomic mass is 10.0. The number of aliphatic imine (C=N–C) groups is 1. The Morgan fingerprint density at radius 2 is 1.95 bits per heavy atom. The van der Waals surface area contributed by atoms with Crippen molar-refractivity contribution in [3.63, 3.8) is 0 Å². The van der Waals surface area contributed by atoms with Crippen molar-refractivity contribution in [3.8, 4) is 18.1 Å². The number of hydrogen-bond acceptors (Lipinski definition) is 10. The number of methoxy groups -OCH3 is 1. The Bertz CT molecular complexity index is 1510. The number of hydrogen-bond donors (Lipinski definition) is 1. The van der Waals surface area contributed by atoms with Crippen molar-refractivity contribution < 1.29 is 22.6 Å². The fourth-order valence-corrected chi connectivity index (χ4v) is 4.47. The molecule has 4 rings (SSSR count). The van der Waals surface area contributed by atoms with E-state index in [0.29, 0.717) is 48.6 Å². The van der Waals surface area contributed by atoms with Crippen LogP contribution in [0.1, 0.15) is 48.3 Å². The number of aromatic nitrogens is 3. The zero-order valence-electron chi connectivity index (χ0n) is 21.8. The van der Waals surface area contributed by atoms with Gasteiger partial charge in [0.2, 0.25) is 5.88 Å². The minimum absolute atomic E-state index is 0.0167. The maximum Gasteiger partial charge on any atom is 0.417 e. The lowest BCUT2D eigenvalue weighted by Crippen LogP contribution is -2.32. The van der Waals surface area contributed by atoms with Crippen molar-refractivity contribution in [2.75, 3.05) is 26.8 Å². The molecule has 0 saturated carbocycles. The largest absolute Gasteiger partial charge is 0.468 e. The first-order valence-corrected chi connectivity index (χ1v) is 12.3. The summed E-state index contributed by atoms with van der Waals surface area (Å²) >= 11 is 0. The second kappa shape index (κ2) is 12.0. The van der Waals surface area contributed by atoms with Crippen LogP contribution in [0.25, 0.3) is 5.65 Å². The third-order valence-corrected chi connectivity index (χ3v) is 6.45. The molecule has 1 aliphatic heterocycles. The second-order valence-electron chi connectivity index (χ2n) is 9.11. The minimum Gasteiger partial charge on any atom is -0.468 e. The number of likely N-dealkylation sites (tertiary alicyclic amines) is 1. The Morgan fingerprint density at radius 1 is 1.20 bits per heavy atom. The third kappa shape index (κ3) is 6.13. The summed E-state index contributed by atoms with van der Waals surface area (Å²) in [6.07, 6.45) is 1.28. The highest BCUT2D eigenvalue weighted by atomic mass is 19.4. The number of imidazole rings is 1. The molecule has 3 aromatic rings. The molecule has 1 aliphatic rings. The number of pyridine rings is 2. The zero-order chi connectivity index (χ0) is 28.9. The fourth-order valence-electron chi connectivity index (χ4n) is 4.47. The van der Waals surface area contributed by atoms with Gasteiger partial charge >= 0.3 is 6.18 Å². The van der Waals surface area contributed by atoms with Crippen LogP contribution in [0.5, 0.6) is 5.88 Å². The standard InChI is InChI=1S/C26H26F3N9O2/c1-16(35-20-3-5-37(15-31)6-4-20)25(36-32)17-8-23-34-13-21(10-30)38(23)24(9-17)40-22(14-39-2)18-7-19(12-33-11-18)26(27,28)29/h7-9,11-13,20,22H,3-6,14,32H2,1-2H3/b35-16?,36-25+. The van der Waals surface area contributed by atoms with Gasteiger partial charge in [0.1, 0.15) is 23.1 Å². The van der Waals surface area contributed by atoms with Gasteiger partial charge in [-0.2, -0.15) is 28.8 Å². The molecule has 40 heavy (non-hydrogen) atoms. The molecule has 1 fully saturated rings. The predicted molar refractivity (Wildman–Crippen MR) is 138 cm³/mol. The molecule has 208 valence electrons. The third-order valence-electron chi connectivity index (χ3n) is 6.45. The van der Waals surface area contributed by atoms with Gasteiger partial charge in [-0.05, 0) is 31.9 Å². The molecule has 0 aliphatic carbocycles. The predicted octanol–water partition coefficient (Wildman–Crippen LogP) is 3.46. The SMILES string of the molecule is COCC(Oc1cc(/C(=N/N)C(C)=NC2CCN(C#N)CC2)cc2ncc(C#N)n12)c1cncc(C(F)(F)F)c1. The van der Waals surface area contributed by atoms with Crippen molar-refractivity contribution >= 4 is 17.1 Å². The maximum absolute atomic E-state index is 13.4. The van der Waals surface area contributed by atoms with Crippen LogP contribution in [-0.4, -0.2) is 63.5 Å². The minimum atomic E-state index is -4.60. The van der Waals surface area contributed by atoms with E-state index < -0.39 is 17.8 Å². The number of nitrogens with zero attached hydrogens (tertiary/aromatic N) is 8. The van der Waals surface area contributed by atoms with Crippen LogP contribution in [-0.2, 0) is 10.9 Å². The molecule has 0 spiro atoms. The molecule has 0 aromatic carbocycles. The molecule has 11 nitrogen and oxygen atoms in total. The van der Waals surface area contributed by atoms with Crippen molar-refractivity contribution in [1.29, 1.82) is 10.5 Å². The number of fused-ring (bicyclic) bond motifs is 1. The number of nitriles is 2. The molecule has 0 radical (unpaired) electrons. The number of rotatable bonds is 8. The zero-order valence-corrected chi connectivity index (χ0v) is 21.8. The van der Waals surface area contributed by atoms with Gasteiger partial charge < -0.3 is 20.2 Å². The molecule has 0 amide bonds. The second-order valence-corrected chi connectivity index (χ2v) is 9.11. The topological polar surface area (TPSA) is 150 Å². The average molecular weight is 554 g/mol. The highest BCUT2D eigenvalue weighted by Gasteiger charge is 2.32. The summed E-state index contributed by atoms with van der Waals surface area (Å²) in [5.41, 5.74) is 1.06. The summed E-state index contributed by atoms with van der Waals surface area (Å²) < 4.78 is 52.9. The van der Waals surface area contributed by atoms with E-state index >= 15 is 0 Å². The van der Waals surface area contributed by atoms with Gasteiger partial charge in [-0.25, -0.2) is 4.98 Å². The Labute approximate surface area is 228 Å². The van der Waals surface area contributed by atoms with Gasteiger partial charge in [-0.15, -0.1) is 0 Å². The van der Waals surface area contributed by atoms with Gasteiger partial charge in [0.25, 0.3) is 0 Å². The van der Waals surface area contributed by atoms with Gasteiger partial charge in [-0.1, -0.05) is 0 Å². The summed E-state index contributed by atoms with van der Waals surface area (Å²) in [6, 6.07) is 6.19. The van der Waals surface area contributed by atoms with E-state index in [1.54, 1.807) is 24.0 Å². The van der Waals surface area contributed by atoms with Crippen molar-refractivity contribution in [2.24, 2.45) is 15.9 Å². The lowest BCUT2D eigenvalue weighted by Gasteiger charge is -2.26.